The Kier molecular flexibility index (Phi) is 16.8. The molecule has 0 radical (unpaired) electrons. The summed E-state index contributed by atoms with van der Waals surface area (Å²) in [6, 6.07) is 29.4. The highest BCUT2D eigenvalue weighted by atomic mass is 15.1. The highest BCUT2D eigenvalue weighted by Crippen LogP contribution is 2.24. The van der Waals surface area contributed by atoms with Crippen molar-refractivity contribution in [2.45, 2.75) is 203 Å². The van der Waals surface area contributed by atoms with Crippen molar-refractivity contribution in [1.82, 2.24) is 62.5 Å². The molecule has 12 nitrogen and oxygen atoms in total. The summed E-state index contributed by atoms with van der Waals surface area (Å²) in [5.74, 6) is 0. The van der Waals surface area contributed by atoms with Crippen molar-refractivity contribution in [3.05, 3.63) is 118 Å². The minimum Gasteiger partial charge on any atom is -0.307 e. The van der Waals surface area contributed by atoms with E-state index in [0.29, 0.717) is 48.3 Å². The van der Waals surface area contributed by atoms with Crippen LogP contribution in [0.3, 0.4) is 0 Å². The Morgan fingerprint density at radius 3 is 0.516 bits per heavy atom. The number of pyridine rings is 4. The van der Waals surface area contributed by atoms with Gasteiger partial charge in [0, 0.05) is 101 Å². The van der Waals surface area contributed by atoms with Gasteiger partial charge in [0.15, 0.2) is 0 Å². The Morgan fingerprint density at radius 1 is 0.234 bits per heavy atom. The maximum absolute atomic E-state index is 5.13. The van der Waals surface area contributed by atoms with Gasteiger partial charge in [-0.25, -0.2) is 0 Å². The molecule has 1 aliphatic heterocycles. The molecule has 8 bridgehead atoms. The van der Waals surface area contributed by atoms with Gasteiger partial charge in [-0.1, -0.05) is 75.6 Å². The molecule has 12 heteroatoms. The number of hydrogen-bond acceptors (Lipinski definition) is 12. The average Bonchev–Trinajstić information content (AvgIpc) is 3.35. The van der Waals surface area contributed by atoms with Crippen LogP contribution >= 0.6 is 0 Å². The van der Waals surface area contributed by atoms with Crippen LogP contribution in [0.2, 0.25) is 0 Å². The number of aromatic nitrogens is 4. The minimum absolute atomic E-state index is 0.411. The van der Waals surface area contributed by atoms with Crippen LogP contribution in [0.25, 0.3) is 0 Å². The molecule has 0 spiro atoms. The second-order valence-corrected chi connectivity index (χ2v) is 19.5. The first-order valence-corrected chi connectivity index (χ1v) is 25.3. The maximum Gasteiger partial charge on any atom is 0.0545 e. The Labute approximate surface area is 383 Å². The molecule has 4 aromatic heterocycles. The summed E-state index contributed by atoms with van der Waals surface area (Å²) < 4.78 is 0. The fourth-order valence-electron chi connectivity index (χ4n) is 11.3. The van der Waals surface area contributed by atoms with Gasteiger partial charge >= 0.3 is 0 Å². The normalized spacial score (nSPS) is 29.8. The molecule has 5 aliphatic rings. The second-order valence-electron chi connectivity index (χ2n) is 19.5. The smallest absolute Gasteiger partial charge is 0.0545 e. The number of nitrogens with zero attached hydrogens (tertiary/aromatic N) is 4. The van der Waals surface area contributed by atoms with Crippen molar-refractivity contribution in [1.29, 1.82) is 0 Å². The summed E-state index contributed by atoms with van der Waals surface area (Å²) in [4.78, 5) is 20.5. The first-order chi connectivity index (χ1) is 31.7. The molecule has 4 saturated carbocycles. The van der Waals surface area contributed by atoms with Crippen LogP contribution in [-0.4, -0.2) is 68.3 Å². The number of rotatable bonds is 0. The zero-order chi connectivity index (χ0) is 43.2. The zero-order valence-corrected chi connectivity index (χ0v) is 38.3. The van der Waals surface area contributed by atoms with Crippen molar-refractivity contribution in [3.8, 4) is 0 Å². The first-order valence-electron chi connectivity index (χ1n) is 25.3. The maximum atomic E-state index is 5.13. The summed E-state index contributed by atoms with van der Waals surface area (Å²) in [5, 5.41) is 31.3. The minimum atomic E-state index is 0.411. The summed E-state index contributed by atoms with van der Waals surface area (Å²) in [5.41, 5.74) is 8.92. The molecule has 64 heavy (non-hydrogen) atoms. The van der Waals surface area contributed by atoms with E-state index in [1.165, 1.54) is 103 Å². The Hall–Kier alpha value is -3.72. The lowest BCUT2D eigenvalue weighted by Crippen LogP contribution is -2.50. The number of nitrogens with one attached hydrogen (secondary N) is 8. The number of fused-ring (bicyclic) bond motifs is 12. The zero-order valence-electron chi connectivity index (χ0n) is 38.3. The van der Waals surface area contributed by atoms with E-state index in [4.69, 9.17) is 19.9 Å². The quantitative estimate of drug-likeness (QED) is 0.0998. The van der Waals surface area contributed by atoms with Gasteiger partial charge in [0.1, 0.15) is 0 Å². The topological polar surface area (TPSA) is 148 Å². The lowest BCUT2D eigenvalue weighted by molar-refractivity contribution is 0.276. The molecule has 8 N–H and O–H groups in total. The molecule has 0 saturated heterocycles. The largest absolute Gasteiger partial charge is 0.307 e. The Bertz CT molecular complexity index is 1620. The van der Waals surface area contributed by atoms with Crippen LogP contribution in [0.15, 0.2) is 72.8 Å². The van der Waals surface area contributed by atoms with E-state index in [-0.39, 0.29) is 0 Å². The van der Waals surface area contributed by atoms with Gasteiger partial charge in [-0.15, -0.1) is 0 Å². The van der Waals surface area contributed by atoms with E-state index < -0.39 is 0 Å². The summed E-state index contributed by atoms with van der Waals surface area (Å²) in [6.45, 7) is 6.25. The summed E-state index contributed by atoms with van der Waals surface area (Å²) in [6.07, 6.45) is 19.6. The van der Waals surface area contributed by atoms with E-state index in [1.807, 2.05) is 0 Å². The van der Waals surface area contributed by atoms with Crippen molar-refractivity contribution in [3.63, 3.8) is 0 Å². The predicted molar refractivity (Wildman–Crippen MR) is 256 cm³/mol. The average molecular weight is 869 g/mol. The van der Waals surface area contributed by atoms with E-state index >= 15 is 0 Å². The van der Waals surface area contributed by atoms with Crippen LogP contribution in [0.4, 0.5) is 0 Å². The molecular weight excluding hydrogens is 793 g/mol. The van der Waals surface area contributed by atoms with Crippen LogP contribution in [0.5, 0.6) is 0 Å². The van der Waals surface area contributed by atoms with Gasteiger partial charge in [0.2, 0.25) is 0 Å². The molecule has 4 fully saturated rings. The predicted octanol–water partition coefficient (Wildman–Crippen LogP) is 6.34. The van der Waals surface area contributed by atoms with Crippen molar-refractivity contribution in [2.75, 3.05) is 0 Å². The van der Waals surface area contributed by atoms with Crippen molar-refractivity contribution < 1.29 is 0 Å². The molecule has 0 aromatic carbocycles. The second kappa shape index (κ2) is 23.6. The number of hydrogen-bond donors (Lipinski definition) is 8. The van der Waals surface area contributed by atoms with Crippen LogP contribution in [0.1, 0.15) is 148 Å². The lowest BCUT2D eigenvalue weighted by atomic mass is 9.90. The van der Waals surface area contributed by atoms with Crippen LogP contribution in [-0.2, 0) is 52.4 Å². The molecule has 344 valence electrons. The van der Waals surface area contributed by atoms with Crippen molar-refractivity contribution >= 4 is 0 Å². The molecule has 5 heterocycles. The first kappa shape index (κ1) is 45.4. The third-order valence-corrected chi connectivity index (χ3v) is 14.9. The van der Waals surface area contributed by atoms with Gasteiger partial charge < -0.3 is 42.5 Å². The van der Waals surface area contributed by atoms with Crippen molar-refractivity contribution in [2.24, 2.45) is 0 Å². The molecule has 4 aromatic rings. The standard InChI is InChI=1S/C52H76N12/c1-2-22-46-45(21-1)53-29-37-13-9-15-39(61-37)31-55-47-23-3-4-24-48(47)57-33-41-17-11-19-43(63-41)35-59-51-27-7-8-28-52(51)60-36-44-20-12-18-42(64-44)34-58-50-26-6-5-25-49(50)56-32-40-16-10-14-38(62-40)30-54-46/h9-20,45-60H,1-8,21-36H2/t45-,46-,47-,48+,49-,50+,51-,52-/m1/s1. The third-order valence-electron chi connectivity index (χ3n) is 14.9. The molecule has 8 atom stereocenters. The van der Waals surface area contributed by atoms with Gasteiger partial charge in [0.05, 0.1) is 45.6 Å². The Balaban J connectivity index is 0.880. The van der Waals surface area contributed by atoms with Gasteiger partial charge in [-0.2, -0.15) is 0 Å². The van der Waals surface area contributed by atoms with Gasteiger partial charge in [0.25, 0.3) is 0 Å². The fraction of sp³-hybridized carbons (Fsp3) is 0.615. The molecule has 0 unspecified atom stereocenters. The fourth-order valence-corrected chi connectivity index (χ4v) is 11.3. The summed E-state index contributed by atoms with van der Waals surface area (Å²) in [7, 11) is 0. The molecule has 4 aliphatic carbocycles. The monoisotopic (exact) mass is 869 g/mol. The highest BCUT2D eigenvalue weighted by Gasteiger charge is 2.28. The summed E-state index contributed by atoms with van der Waals surface area (Å²) >= 11 is 0. The molecule has 0 amide bonds. The lowest BCUT2D eigenvalue weighted by Gasteiger charge is -2.34. The highest BCUT2D eigenvalue weighted by molar-refractivity contribution is 5.16. The van der Waals surface area contributed by atoms with E-state index in [2.05, 4.69) is 115 Å². The SMILES string of the molecule is c1cc2nc(c1)CN[C@@H]1CCCC[C@H]1NCc1cccc(n1)CN[C@H]1CCCC[C@H]1NCc1cccc(n1)CN[C@@H]1CCCC[C@H]1NCc1cccc(n1)CN[C@@H]1CCCC[C@@H]1NC2. The van der Waals surface area contributed by atoms with E-state index in [9.17, 15) is 0 Å². The van der Waals surface area contributed by atoms with E-state index in [1.54, 1.807) is 0 Å². The third kappa shape index (κ3) is 13.2. The van der Waals surface area contributed by atoms with E-state index in [0.717, 1.165) is 97.9 Å². The van der Waals surface area contributed by atoms with Gasteiger partial charge in [-0.3, -0.25) is 19.9 Å². The van der Waals surface area contributed by atoms with Crippen LogP contribution < -0.4 is 42.5 Å². The molecular formula is C52H76N12. The van der Waals surface area contributed by atoms with Crippen LogP contribution in [0, 0.1) is 0 Å². The van der Waals surface area contributed by atoms with Gasteiger partial charge in [-0.05, 0) is 99.9 Å². The Morgan fingerprint density at radius 2 is 0.375 bits per heavy atom. The molecule has 9 rings (SSSR count).